The molecule has 0 spiro atoms. The number of hydrogen-bond acceptors (Lipinski definition) is 2. The standard InChI is InChI=1S/C17H21NO/c1-4-13(5-2)11-17(19)16-10-12(3)14-8-6-7-9-15(14)18-16/h6-10,13H,4-5,11H2,1-3H3. The van der Waals surface area contributed by atoms with Crippen LogP contribution in [0, 0.1) is 12.8 Å². The van der Waals surface area contributed by atoms with Crippen molar-refractivity contribution in [3.05, 3.63) is 41.6 Å². The lowest BCUT2D eigenvalue weighted by molar-refractivity contribution is 0.0954. The van der Waals surface area contributed by atoms with Crippen LogP contribution in [0.3, 0.4) is 0 Å². The van der Waals surface area contributed by atoms with E-state index in [0.717, 1.165) is 29.3 Å². The third kappa shape index (κ3) is 3.01. The molecule has 1 aromatic heterocycles. The zero-order valence-electron chi connectivity index (χ0n) is 11.9. The fourth-order valence-corrected chi connectivity index (χ4v) is 2.44. The maximum Gasteiger partial charge on any atom is 0.181 e. The fourth-order valence-electron chi connectivity index (χ4n) is 2.44. The zero-order valence-corrected chi connectivity index (χ0v) is 11.9. The van der Waals surface area contributed by atoms with E-state index in [-0.39, 0.29) is 5.78 Å². The number of para-hydroxylation sites is 1. The minimum Gasteiger partial charge on any atom is -0.292 e. The van der Waals surface area contributed by atoms with Gasteiger partial charge in [0, 0.05) is 11.8 Å². The Balaban J connectivity index is 2.32. The molecule has 0 unspecified atom stereocenters. The van der Waals surface area contributed by atoms with Gasteiger partial charge in [-0.25, -0.2) is 4.98 Å². The summed E-state index contributed by atoms with van der Waals surface area (Å²) in [6.45, 7) is 6.32. The van der Waals surface area contributed by atoms with E-state index in [4.69, 9.17) is 0 Å². The van der Waals surface area contributed by atoms with Gasteiger partial charge < -0.3 is 0 Å². The highest BCUT2D eigenvalue weighted by Gasteiger charge is 2.14. The molecule has 0 saturated heterocycles. The first-order valence-electron chi connectivity index (χ1n) is 7.05. The molecule has 19 heavy (non-hydrogen) atoms. The molecule has 2 rings (SSSR count). The Morgan fingerprint density at radius 2 is 1.89 bits per heavy atom. The Kier molecular flexibility index (Phi) is 4.31. The molecule has 2 aromatic rings. The lowest BCUT2D eigenvalue weighted by atomic mass is 9.95. The second-order valence-corrected chi connectivity index (χ2v) is 5.15. The number of Topliss-reactive ketones (excluding diaryl/α,β-unsaturated/α-hetero) is 1. The van der Waals surface area contributed by atoms with Crippen LogP contribution in [0.15, 0.2) is 30.3 Å². The highest BCUT2D eigenvalue weighted by molar-refractivity contribution is 5.97. The number of aryl methyl sites for hydroxylation is 1. The predicted octanol–water partition coefficient (Wildman–Crippen LogP) is 4.55. The van der Waals surface area contributed by atoms with Crippen molar-refractivity contribution < 1.29 is 4.79 Å². The van der Waals surface area contributed by atoms with Crippen molar-refractivity contribution in [1.29, 1.82) is 0 Å². The molecule has 1 heterocycles. The monoisotopic (exact) mass is 255 g/mol. The molecule has 2 nitrogen and oxygen atoms in total. The van der Waals surface area contributed by atoms with Crippen LogP contribution >= 0.6 is 0 Å². The van der Waals surface area contributed by atoms with Crippen LogP contribution in [0.4, 0.5) is 0 Å². The minimum absolute atomic E-state index is 0.169. The number of carbonyl (C=O) groups is 1. The summed E-state index contributed by atoms with van der Waals surface area (Å²) in [6.07, 6.45) is 2.71. The summed E-state index contributed by atoms with van der Waals surface area (Å²) in [5.41, 5.74) is 2.65. The van der Waals surface area contributed by atoms with Gasteiger partial charge in [-0.3, -0.25) is 4.79 Å². The zero-order chi connectivity index (χ0) is 13.8. The fraction of sp³-hybridized carbons (Fsp3) is 0.412. The molecule has 0 radical (unpaired) electrons. The largest absolute Gasteiger partial charge is 0.292 e. The lowest BCUT2D eigenvalue weighted by Crippen LogP contribution is -2.09. The van der Waals surface area contributed by atoms with Crippen LogP contribution < -0.4 is 0 Å². The van der Waals surface area contributed by atoms with Gasteiger partial charge in [-0.05, 0) is 30.5 Å². The first-order valence-corrected chi connectivity index (χ1v) is 7.05. The van der Waals surface area contributed by atoms with E-state index < -0.39 is 0 Å². The first kappa shape index (κ1) is 13.7. The number of carbonyl (C=O) groups excluding carboxylic acids is 1. The summed E-state index contributed by atoms with van der Waals surface area (Å²) < 4.78 is 0. The summed E-state index contributed by atoms with van der Waals surface area (Å²) in [6, 6.07) is 9.91. The van der Waals surface area contributed by atoms with Crippen LogP contribution in [0.1, 0.15) is 49.2 Å². The van der Waals surface area contributed by atoms with E-state index in [1.165, 1.54) is 0 Å². The van der Waals surface area contributed by atoms with Crippen LogP contribution in [-0.2, 0) is 0 Å². The quantitative estimate of drug-likeness (QED) is 0.733. The summed E-state index contributed by atoms with van der Waals surface area (Å²) in [5.74, 6) is 0.642. The normalized spacial score (nSPS) is 11.2. The maximum absolute atomic E-state index is 12.3. The Bertz CT molecular complexity index is 585. The molecular weight excluding hydrogens is 234 g/mol. The molecule has 0 amide bonds. The Hall–Kier alpha value is -1.70. The summed E-state index contributed by atoms with van der Waals surface area (Å²) in [4.78, 5) is 16.8. The molecule has 1 aromatic carbocycles. The van der Waals surface area contributed by atoms with Gasteiger partial charge in [-0.2, -0.15) is 0 Å². The van der Waals surface area contributed by atoms with Crippen molar-refractivity contribution in [3.63, 3.8) is 0 Å². The molecule has 0 saturated carbocycles. The van der Waals surface area contributed by atoms with Crippen molar-refractivity contribution in [3.8, 4) is 0 Å². The second kappa shape index (κ2) is 5.96. The number of nitrogens with zero attached hydrogens (tertiary/aromatic N) is 1. The van der Waals surface area contributed by atoms with E-state index >= 15 is 0 Å². The van der Waals surface area contributed by atoms with E-state index in [1.807, 2.05) is 37.3 Å². The molecule has 0 aliphatic heterocycles. The van der Waals surface area contributed by atoms with E-state index in [9.17, 15) is 4.79 Å². The number of ketones is 1. The molecule has 0 bridgehead atoms. The van der Waals surface area contributed by atoms with Gasteiger partial charge in [0.05, 0.1) is 5.52 Å². The van der Waals surface area contributed by atoms with E-state index in [0.29, 0.717) is 18.0 Å². The highest BCUT2D eigenvalue weighted by Crippen LogP contribution is 2.20. The third-order valence-corrected chi connectivity index (χ3v) is 3.84. The van der Waals surface area contributed by atoms with Gasteiger partial charge in [-0.15, -0.1) is 0 Å². The van der Waals surface area contributed by atoms with Crippen molar-refractivity contribution in [2.45, 2.75) is 40.0 Å². The number of aromatic nitrogens is 1. The van der Waals surface area contributed by atoms with Crippen molar-refractivity contribution >= 4 is 16.7 Å². The second-order valence-electron chi connectivity index (χ2n) is 5.15. The number of pyridine rings is 1. The van der Waals surface area contributed by atoms with Crippen LogP contribution in [0.5, 0.6) is 0 Å². The smallest absolute Gasteiger partial charge is 0.181 e. The Labute approximate surface area is 114 Å². The molecule has 2 heteroatoms. The minimum atomic E-state index is 0.169. The van der Waals surface area contributed by atoms with Crippen LogP contribution in [0.2, 0.25) is 0 Å². The number of fused-ring (bicyclic) bond motifs is 1. The lowest BCUT2D eigenvalue weighted by Gasteiger charge is -2.11. The maximum atomic E-state index is 12.3. The first-order chi connectivity index (χ1) is 9.15. The predicted molar refractivity (Wildman–Crippen MR) is 79.5 cm³/mol. The van der Waals surface area contributed by atoms with Gasteiger partial charge in [-0.1, -0.05) is 44.9 Å². The van der Waals surface area contributed by atoms with Gasteiger partial charge in [0.1, 0.15) is 5.69 Å². The number of rotatable bonds is 5. The number of hydrogen-bond donors (Lipinski definition) is 0. The summed E-state index contributed by atoms with van der Waals surface area (Å²) in [5, 5.41) is 1.13. The molecule has 0 aliphatic carbocycles. The van der Waals surface area contributed by atoms with Crippen LogP contribution in [-0.4, -0.2) is 10.8 Å². The van der Waals surface area contributed by atoms with Gasteiger partial charge in [0.15, 0.2) is 5.78 Å². The van der Waals surface area contributed by atoms with E-state index in [2.05, 4.69) is 18.8 Å². The summed E-state index contributed by atoms with van der Waals surface area (Å²) in [7, 11) is 0. The summed E-state index contributed by atoms with van der Waals surface area (Å²) >= 11 is 0. The van der Waals surface area contributed by atoms with Crippen molar-refractivity contribution in [1.82, 2.24) is 4.98 Å². The Morgan fingerprint density at radius 1 is 1.21 bits per heavy atom. The molecule has 0 fully saturated rings. The van der Waals surface area contributed by atoms with Crippen molar-refractivity contribution in [2.24, 2.45) is 5.92 Å². The molecule has 0 atom stereocenters. The van der Waals surface area contributed by atoms with Crippen molar-refractivity contribution in [2.75, 3.05) is 0 Å². The SMILES string of the molecule is CCC(CC)CC(=O)c1cc(C)c2ccccc2n1. The molecule has 100 valence electrons. The third-order valence-electron chi connectivity index (χ3n) is 3.84. The average molecular weight is 255 g/mol. The van der Waals surface area contributed by atoms with Crippen LogP contribution in [0.25, 0.3) is 10.9 Å². The highest BCUT2D eigenvalue weighted by atomic mass is 16.1. The average Bonchev–Trinajstić information content (AvgIpc) is 2.44. The Morgan fingerprint density at radius 3 is 2.58 bits per heavy atom. The molecule has 0 aliphatic rings. The van der Waals surface area contributed by atoms with Gasteiger partial charge >= 0.3 is 0 Å². The molecule has 0 N–H and O–H groups in total. The topological polar surface area (TPSA) is 30.0 Å². The van der Waals surface area contributed by atoms with Gasteiger partial charge in [0.25, 0.3) is 0 Å². The molecular formula is C17H21NO. The van der Waals surface area contributed by atoms with Gasteiger partial charge in [0.2, 0.25) is 0 Å². The number of benzene rings is 1. The van der Waals surface area contributed by atoms with E-state index in [1.54, 1.807) is 0 Å².